The van der Waals surface area contributed by atoms with E-state index in [1.807, 2.05) is 30.3 Å². The van der Waals surface area contributed by atoms with Gasteiger partial charge in [-0.2, -0.15) is 0 Å². The number of aryl methyl sites for hydroxylation is 1. The van der Waals surface area contributed by atoms with Gasteiger partial charge in [-0.15, -0.1) is 11.8 Å². The zero-order valence-electron chi connectivity index (χ0n) is 14.1. The van der Waals surface area contributed by atoms with Gasteiger partial charge < -0.3 is 14.5 Å². The first-order valence-electron chi connectivity index (χ1n) is 7.96. The van der Waals surface area contributed by atoms with Gasteiger partial charge in [0.25, 0.3) is 0 Å². The summed E-state index contributed by atoms with van der Waals surface area (Å²) in [5.74, 6) is 1.63. The predicted octanol–water partition coefficient (Wildman–Crippen LogP) is 3.31. The third-order valence-corrected chi connectivity index (χ3v) is 4.31. The van der Waals surface area contributed by atoms with Crippen LogP contribution in [0.25, 0.3) is 6.08 Å². The van der Waals surface area contributed by atoms with Crippen LogP contribution in [0.5, 0.6) is 0 Å². The molecule has 0 aliphatic heterocycles. The molecule has 25 heavy (non-hydrogen) atoms. The summed E-state index contributed by atoms with van der Waals surface area (Å²) in [5, 5.41) is 2.83. The molecule has 0 radical (unpaired) electrons. The van der Waals surface area contributed by atoms with Gasteiger partial charge in [-0.25, -0.2) is 0 Å². The molecule has 0 fully saturated rings. The Morgan fingerprint density at radius 1 is 1.20 bits per heavy atom. The highest BCUT2D eigenvalue weighted by Gasteiger charge is 2.05. The molecule has 1 amide bonds. The summed E-state index contributed by atoms with van der Waals surface area (Å²) < 4.78 is 10.1. The highest BCUT2D eigenvalue weighted by atomic mass is 32.2. The van der Waals surface area contributed by atoms with Crippen molar-refractivity contribution < 1.29 is 18.7 Å². The normalized spacial score (nSPS) is 10.8. The van der Waals surface area contributed by atoms with Crippen molar-refractivity contribution in [2.75, 3.05) is 19.4 Å². The number of amides is 1. The standard InChI is InChI=1S/C19H21NO4S/c1-23-19(22)12-10-16-8-7-15(24-16)9-11-18(21)20-13-14-25-17-5-3-2-4-6-17/h2-9,11H,10,12-14H2,1H3,(H,20,21)/b11-9+. The zero-order chi connectivity index (χ0) is 17.9. The minimum Gasteiger partial charge on any atom is -0.469 e. The molecule has 1 aromatic heterocycles. The second-order valence-corrected chi connectivity index (χ2v) is 6.33. The number of rotatable bonds is 9. The van der Waals surface area contributed by atoms with Gasteiger partial charge in [-0.3, -0.25) is 9.59 Å². The molecule has 1 aromatic carbocycles. The van der Waals surface area contributed by atoms with Crippen LogP contribution in [-0.2, 0) is 20.7 Å². The highest BCUT2D eigenvalue weighted by molar-refractivity contribution is 7.99. The fraction of sp³-hybridized carbons (Fsp3) is 0.263. The van der Waals surface area contributed by atoms with E-state index in [-0.39, 0.29) is 18.3 Å². The largest absolute Gasteiger partial charge is 0.469 e. The quantitative estimate of drug-likeness (QED) is 0.322. The summed E-state index contributed by atoms with van der Waals surface area (Å²) in [7, 11) is 1.36. The van der Waals surface area contributed by atoms with E-state index in [4.69, 9.17) is 4.42 Å². The molecule has 0 spiro atoms. The summed E-state index contributed by atoms with van der Waals surface area (Å²) in [6.45, 7) is 0.589. The maximum atomic E-state index is 11.8. The lowest BCUT2D eigenvalue weighted by Crippen LogP contribution is -2.23. The average Bonchev–Trinajstić information content (AvgIpc) is 3.10. The highest BCUT2D eigenvalue weighted by Crippen LogP contribution is 2.15. The van der Waals surface area contributed by atoms with Crippen LogP contribution in [0.2, 0.25) is 0 Å². The van der Waals surface area contributed by atoms with Crippen molar-refractivity contribution in [1.82, 2.24) is 5.32 Å². The minimum absolute atomic E-state index is 0.166. The molecule has 0 atom stereocenters. The van der Waals surface area contributed by atoms with Gasteiger partial charge in [-0.05, 0) is 30.3 Å². The minimum atomic E-state index is -0.277. The van der Waals surface area contributed by atoms with Crippen LogP contribution in [0.3, 0.4) is 0 Å². The molecule has 2 rings (SSSR count). The molecule has 0 saturated carbocycles. The lowest BCUT2D eigenvalue weighted by molar-refractivity contribution is -0.140. The van der Waals surface area contributed by atoms with Gasteiger partial charge >= 0.3 is 5.97 Å². The van der Waals surface area contributed by atoms with Crippen LogP contribution in [0.4, 0.5) is 0 Å². The Bertz CT molecular complexity index is 709. The molecular weight excluding hydrogens is 338 g/mol. The third kappa shape index (κ3) is 7.30. The Morgan fingerprint density at radius 3 is 2.76 bits per heavy atom. The topological polar surface area (TPSA) is 68.5 Å². The number of methoxy groups -OCH3 is 1. The second kappa shape index (κ2) is 10.4. The van der Waals surface area contributed by atoms with Crippen molar-refractivity contribution in [1.29, 1.82) is 0 Å². The molecule has 1 N–H and O–H groups in total. The lowest BCUT2D eigenvalue weighted by atomic mass is 10.2. The smallest absolute Gasteiger partial charge is 0.305 e. The van der Waals surface area contributed by atoms with Gasteiger partial charge in [0.1, 0.15) is 11.5 Å². The van der Waals surface area contributed by atoms with Gasteiger partial charge in [0.05, 0.1) is 13.5 Å². The third-order valence-electron chi connectivity index (χ3n) is 3.30. The Kier molecular flexibility index (Phi) is 7.85. The molecular formula is C19H21NO4S. The summed E-state index contributed by atoms with van der Waals surface area (Å²) in [5.41, 5.74) is 0. The number of nitrogens with one attached hydrogen (secondary N) is 1. The molecule has 0 bridgehead atoms. The van der Waals surface area contributed by atoms with E-state index < -0.39 is 0 Å². The predicted molar refractivity (Wildman–Crippen MR) is 98.3 cm³/mol. The van der Waals surface area contributed by atoms with E-state index in [0.717, 1.165) is 5.75 Å². The summed E-state index contributed by atoms with van der Waals surface area (Å²) >= 11 is 1.69. The van der Waals surface area contributed by atoms with Crippen LogP contribution in [0.15, 0.2) is 57.9 Å². The van der Waals surface area contributed by atoms with Crippen LogP contribution in [0.1, 0.15) is 17.9 Å². The fourth-order valence-electron chi connectivity index (χ4n) is 2.02. The second-order valence-electron chi connectivity index (χ2n) is 5.17. The Balaban J connectivity index is 1.67. The molecule has 0 saturated heterocycles. The number of carbonyl (C=O) groups excluding carboxylic acids is 2. The molecule has 0 unspecified atom stereocenters. The Labute approximate surface area is 151 Å². The van der Waals surface area contributed by atoms with E-state index in [2.05, 4.69) is 10.1 Å². The molecule has 0 aliphatic rings. The number of furan rings is 1. The molecule has 5 nitrogen and oxygen atoms in total. The van der Waals surface area contributed by atoms with E-state index in [9.17, 15) is 9.59 Å². The maximum absolute atomic E-state index is 11.8. The van der Waals surface area contributed by atoms with Crippen molar-refractivity contribution in [2.45, 2.75) is 17.7 Å². The molecule has 6 heteroatoms. The van der Waals surface area contributed by atoms with Gasteiger partial charge in [0.15, 0.2) is 0 Å². The van der Waals surface area contributed by atoms with E-state index in [0.29, 0.717) is 24.5 Å². The summed E-state index contributed by atoms with van der Waals surface area (Å²) in [6.07, 6.45) is 3.80. The summed E-state index contributed by atoms with van der Waals surface area (Å²) in [4.78, 5) is 24.1. The summed E-state index contributed by atoms with van der Waals surface area (Å²) in [6, 6.07) is 13.6. The molecule has 132 valence electrons. The number of thioether (sulfide) groups is 1. The van der Waals surface area contributed by atoms with Crippen molar-refractivity contribution in [3.63, 3.8) is 0 Å². The first-order chi connectivity index (χ1) is 12.2. The van der Waals surface area contributed by atoms with Crippen LogP contribution in [-0.4, -0.2) is 31.3 Å². The monoisotopic (exact) mass is 359 g/mol. The first kappa shape index (κ1) is 18.9. The average molecular weight is 359 g/mol. The maximum Gasteiger partial charge on any atom is 0.305 e. The van der Waals surface area contributed by atoms with E-state index in [1.165, 1.54) is 18.1 Å². The molecule has 2 aromatic rings. The fourth-order valence-corrected chi connectivity index (χ4v) is 2.81. The lowest BCUT2D eigenvalue weighted by Gasteiger charge is -2.02. The molecule has 0 aliphatic carbocycles. The Hall–Kier alpha value is -2.47. The molecule has 1 heterocycles. The SMILES string of the molecule is COC(=O)CCc1ccc(/C=C/C(=O)NCCSc2ccccc2)o1. The van der Waals surface area contributed by atoms with Gasteiger partial charge in [0.2, 0.25) is 5.91 Å². The Morgan fingerprint density at radius 2 is 2.00 bits per heavy atom. The van der Waals surface area contributed by atoms with Gasteiger partial charge in [-0.1, -0.05) is 18.2 Å². The van der Waals surface area contributed by atoms with Crippen molar-refractivity contribution in [3.05, 3.63) is 60.1 Å². The van der Waals surface area contributed by atoms with E-state index >= 15 is 0 Å². The van der Waals surface area contributed by atoms with Crippen molar-refractivity contribution in [3.8, 4) is 0 Å². The number of hydrogen-bond acceptors (Lipinski definition) is 5. The number of carbonyl (C=O) groups is 2. The van der Waals surface area contributed by atoms with Crippen molar-refractivity contribution >= 4 is 29.7 Å². The van der Waals surface area contributed by atoms with Crippen LogP contribution in [0, 0.1) is 0 Å². The van der Waals surface area contributed by atoms with Crippen molar-refractivity contribution in [2.24, 2.45) is 0 Å². The number of esters is 1. The van der Waals surface area contributed by atoms with Crippen LogP contribution >= 0.6 is 11.8 Å². The zero-order valence-corrected chi connectivity index (χ0v) is 14.9. The number of benzene rings is 1. The van der Waals surface area contributed by atoms with E-state index in [1.54, 1.807) is 30.0 Å². The number of hydrogen-bond donors (Lipinski definition) is 1. The number of ether oxygens (including phenoxy) is 1. The van der Waals surface area contributed by atoms with Crippen LogP contribution < -0.4 is 5.32 Å². The van der Waals surface area contributed by atoms with Gasteiger partial charge in [0, 0.05) is 29.7 Å². The first-order valence-corrected chi connectivity index (χ1v) is 8.95.